The number of methoxy groups -OCH3 is 2. The van der Waals surface area contributed by atoms with Gasteiger partial charge in [0, 0.05) is 18.0 Å². The largest absolute Gasteiger partial charge is 0.493 e. The number of ether oxygens (including phenoxy) is 2. The van der Waals surface area contributed by atoms with E-state index in [1.165, 1.54) is 23.5 Å². The standard InChI is InChI=1S/C21H21FN2O3S/c1-13(14-5-8-16(22)9-6-14)24(2)21(25)17-12-28-20(23-17)15-7-10-18(26-3)19(11-15)27-4/h5-13H,1-4H3. The number of hydrogen-bond acceptors (Lipinski definition) is 5. The van der Waals surface area contributed by atoms with Crippen molar-refractivity contribution in [3.05, 3.63) is 64.9 Å². The number of nitrogens with zero attached hydrogens (tertiary/aromatic N) is 2. The molecular formula is C21H21FN2O3S. The minimum Gasteiger partial charge on any atom is -0.493 e. The van der Waals surface area contributed by atoms with Gasteiger partial charge in [-0.1, -0.05) is 12.1 Å². The third kappa shape index (κ3) is 3.99. The molecule has 0 saturated heterocycles. The van der Waals surface area contributed by atoms with Crippen LogP contribution in [-0.4, -0.2) is 37.1 Å². The minimum atomic E-state index is -0.302. The average molecular weight is 400 g/mol. The van der Waals surface area contributed by atoms with Crippen molar-refractivity contribution in [1.29, 1.82) is 0 Å². The number of hydrogen-bond donors (Lipinski definition) is 0. The number of halogens is 1. The van der Waals surface area contributed by atoms with Crippen LogP contribution in [0.1, 0.15) is 29.0 Å². The van der Waals surface area contributed by atoms with Gasteiger partial charge in [0.15, 0.2) is 11.5 Å². The Bertz CT molecular complexity index is 972. The smallest absolute Gasteiger partial charge is 0.273 e. The van der Waals surface area contributed by atoms with E-state index in [4.69, 9.17) is 9.47 Å². The normalized spacial score (nSPS) is 11.8. The van der Waals surface area contributed by atoms with E-state index in [-0.39, 0.29) is 17.8 Å². The molecule has 0 saturated carbocycles. The summed E-state index contributed by atoms with van der Waals surface area (Å²) in [7, 11) is 4.87. The molecule has 0 radical (unpaired) electrons. The van der Waals surface area contributed by atoms with Crippen LogP contribution in [-0.2, 0) is 0 Å². The molecule has 0 aliphatic rings. The Morgan fingerprint density at radius 3 is 2.43 bits per heavy atom. The Morgan fingerprint density at radius 2 is 1.79 bits per heavy atom. The Labute approximate surface area is 167 Å². The Morgan fingerprint density at radius 1 is 1.11 bits per heavy atom. The lowest BCUT2D eigenvalue weighted by atomic mass is 10.1. The van der Waals surface area contributed by atoms with Crippen molar-refractivity contribution in [2.75, 3.05) is 21.3 Å². The van der Waals surface area contributed by atoms with E-state index >= 15 is 0 Å². The molecule has 0 aliphatic heterocycles. The SMILES string of the molecule is COc1ccc(-c2nc(C(=O)N(C)C(C)c3ccc(F)cc3)cs2)cc1OC. The predicted octanol–water partition coefficient (Wildman–Crippen LogP) is 4.80. The van der Waals surface area contributed by atoms with Gasteiger partial charge in [-0.25, -0.2) is 9.37 Å². The van der Waals surface area contributed by atoms with Crippen molar-refractivity contribution < 1.29 is 18.7 Å². The van der Waals surface area contributed by atoms with Gasteiger partial charge in [0.1, 0.15) is 16.5 Å². The van der Waals surface area contributed by atoms with E-state index in [9.17, 15) is 9.18 Å². The Hall–Kier alpha value is -2.93. The molecule has 7 heteroatoms. The van der Waals surface area contributed by atoms with E-state index in [2.05, 4.69) is 4.98 Å². The molecule has 5 nitrogen and oxygen atoms in total. The number of rotatable bonds is 6. The van der Waals surface area contributed by atoms with Crippen LogP contribution in [0, 0.1) is 5.82 Å². The fourth-order valence-corrected chi connectivity index (χ4v) is 3.59. The zero-order chi connectivity index (χ0) is 20.3. The van der Waals surface area contributed by atoms with Gasteiger partial charge in [-0.05, 0) is 42.8 Å². The van der Waals surface area contributed by atoms with Crippen LogP contribution >= 0.6 is 11.3 Å². The summed E-state index contributed by atoms with van der Waals surface area (Å²) in [6.07, 6.45) is 0. The van der Waals surface area contributed by atoms with Crippen molar-refractivity contribution in [2.45, 2.75) is 13.0 Å². The lowest BCUT2D eigenvalue weighted by Gasteiger charge is -2.24. The molecule has 1 aromatic heterocycles. The topological polar surface area (TPSA) is 51.7 Å². The fraction of sp³-hybridized carbons (Fsp3) is 0.238. The number of amides is 1. The van der Waals surface area contributed by atoms with Crippen molar-refractivity contribution in [2.24, 2.45) is 0 Å². The van der Waals surface area contributed by atoms with Crippen molar-refractivity contribution >= 4 is 17.2 Å². The van der Waals surface area contributed by atoms with Crippen molar-refractivity contribution in [3.63, 3.8) is 0 Å². The molecule has 3 aromatic rings. The molecule has 1 unspecified atom stereocenters. The molecule has 1 heterocycles. The molecule has 146 valence electrons. The van der Waals surface area contributed by atoms with Gasteiger partial charge in [0.25, 0.3) is 5.91 Å². The first-order valence-electron chi connectivity index (χ1n) is 8.65. The molecule has 3 rings (SSSR count). The molecule has 2 aromatic carbocycles. The first-order valence-corrected chi connectivity index (χ1v) is 9.53. The molecule has 0 fully saturated rings. The lowest BCUT2D eigenvalue weighted by Crippen LogP contribution is -2.29. The molecule has 0 bridgehead atoms. The summed E-state index contributed by atoms with van der Waals surface area (Å²) in [5.41, 5.74) is 2.06. The third-order valence-corrected chi connectivity index (χ3v) is 5.50. The monoisotopic (exact) mass is 400 g/mol. The quantitative estimate of drug-likeness (QED) is 0.596. The Kier molecular flexibility index (Phi) is 5.94. The Balaban J connectivity index is 1.81. The maximum Gasteiger partial charge on any atom is 0.273 e. The van der Waals surface area contributed by atoms with E-state index in [0.717, 1.165) is 11.1 Å². The van der Waals surface area contributed by atoms with Crippen LogP contribution in [0.4, 0.5) is 4.39 Å². The number of benzene rings is 2. The summed E-state index contributed by atoms with van der Waals surface area (Å²) in [6, 6.07) is 11.4. The molecular weight excluding hydrogens is 379 g/mol. The molecule has 0 N–H and O–H groups in total. The highest BCUT2D eigenvalue weighted by atomic mass is 32.1. The first-order chi connectivity index (χ1) is 13.4. The van der Waals surface area contributed by atoms with Crippen LogP contribution in [0.5, 0.6) is 11.5 Å². The highest BCUT2D eigenvalue weighted by Crippen LogP contribution is 2.34. The van der Waals surface area contributed by atoms with E-state index in [1.807, 2.05) is 19.1 Å². The van der Waals surface area contributed by atoms with Gasteiger partial charge in [-0.15, -0.1) is 11.3 Å². The minimum absolute atomic E-state index is 0.195. The highest BCUT2D eigenvalue weighted by Gasteiger charge is 2.22. The first kappa shape index (κ1) is 19.8. The summed E-state index contributed by atoms with van der Waals surface area (Å²) in [4.78, 5) is 18.9. The van der Waals surface area contributed by atoms with Gasteiger partial charge in [-0.2, -0.15) is 0 Å². The number of carbonyl (C=O) groups excluding carboxylic acids is 1. The van der Waals surface area contributed by atoms with Crippen LogP contribution < -0.4 is 9.47 Å². The van der Waals surface area contributed by atoms with Gasteiger partial charge in [0.2, 0.25) is 0 Å². The summed E-state index contributed by atoms with van der Waals surface area (Å²) >= 11 is 1.39. The number of thiazole rings is 1. The van der Waals surface area contributed by atoms with Gasteiger partial charge in [-0.3, -0.25) is 4.79 Å². The van der Waals surface area contributed by atoms with Crippen molar-refractivity contribution in [1.82, 2.24) is 9.88 Å². The number of carbonyl (C=O) groups is 1. The highest BCUT2D eigenvalue weighted by molar-refractivity contribution is 7.13. The fourth-order valence-electron chi connectivity index (χ4n) is 2.80. The molecule has 1 amide bonds. The second kappa shape index (κ2) is 8.39. The van der Waals surface area contributed by atoms with E-state index in [0.29, 0.717) is 22.2 Å². The lowest BCUT2D eigenvalue weighted by molar-refractivity contribution is 0.0737. The van der Waals surface area contributed by atoms with Crippen LogP contribution in [0.3, 0.4) is 0 Å². The average Bonchev–Trinajstić information content (AvgIpc) is 3.22. The van der Waals surface area contributed by atoms with E-state index < -0.39 is 0 Å². The zero-order valence-electron chi connectivity index (χ0n) is 16.1. The van der Waals surface area contributed by atoms with Gasteiger partial charge in [0.05, 0.1) is 20.3 Å². The van der Waals surface area contributed by atoms with Crippen LogP contribution in [0.25, 0.3) is 10.6 Å². The van der Waals surface area contributed by atoms with Crippen LogP contribution in [0.2, 0.25) is 0 Å². The van der Waals surface area contributed by atoms with Gasteiger partial charge < -0.3 is 14.4 Å². The molecule has 0 spiro atoms. The van der Waals surface area contributed by atoms with Crippen molar-refractivity contribution in [3.8, 4) is 22.1 Å². The maximum absolute atomic E-state index is 13.1. The zero-order valence-corrected chi connectivity index (χ0v) is 16.9. The van der Waals surface area contributed by atoms with Gasteiger partial charge >= 0.3 is 0 Å². The maximum atomic E-state index is 13.1. The molecule has 28 heavy (non-hydrogen) atoms. The second-order valence-electron chi connectivity index (χ2n) is 6.25. The predicted molar refractivity (Wildman–Crippen MR) is 108 cm³/mol. The summed E-state index contributed by atoms with van der Waals surface area (Å²) < 4.78 is 23.7. The summed E-state index contributed by atoms with van der Waals surface area (Å²) in [5.74, 6) is 0.737. The molecule has 1 atom stereocenters. The number of aromatic nitrogens is 1. The van der Waals surface area contributed by atoms with E-state index in [1.54, 1.807) is 49.7 Å². The third-order valence-electron chi connectivity index (χ3n) is 4.61. The second-order valence-corrected chi connectivity index (χ2v) is 7.11. The van der Waals surface area contributed by atoms with Crippen LogP contribution in [0.15, 0.2) is 47.8 Å². The summed E-state index contributed by atoms with van der Waals surface area (Å²) in [5, 5.41) is 2.45. The summed E-state index contributed by atoms with van der Waals surface area (Å²) in [6.45, 7) is 1.90. The molecule has 0 aliphatic carbocycles.